The molecule has 136 valence electrons. The van der Waals surface area contributed by atoms with Gasteiger partial charge in [-0.05, 0) is 43.2 Å². The van der Waals surface area contributed by atoms with E-state index in [1.165, 1.54) is 0 Å². The van der Waals surface area contributed by atoms with Crippen LogP contribution in [0.15, 0.2) is 48.5 Å². The van der Waals surface area contributed by atoms with Crippen LogP contribution in [-0.4, -0.2) is 19.1 Å². The molecule has 5 nitrogen and oxygen atoms in total. The first-order valence-corrected chi connectivity index (χ1v) is 8.16. The van der Waals surface area contributed by atoms with E-state index in [0.717, 1.165) is 17.0 Å². The van der Waals surface area contributed by atoms with Crippen LogP contribution in [0.1, 0.15) is 25.3 Å². The van der Waals surface area contributed by atoms with Crippen molar-refractivity contribution in [3.63, 3.8) is 0 Å². The summed E-state index contributed by atoms with van der Waals surface area (Å²) >= 11 is 0. The molecule has 0 radical (unpaired) electrons. The third kappa shape index (κ3) is 7.03. The third-order valence-corrected chi connectivity index (χ3v) is 3.43. The summed E-state index contributed by atoms with van der Waals surface area (Å²) in [5.74, 6) is 1.40. The molecule has 0 saturated carbocycles. The first-order valence-electron chi connectivity index (χ1n) is 8.16. The van der Waals surface area contributed by atoms with Gasteiger partial charge in [0.25, 0.3) is 0 Å². The highest BCUT2D eigenvalue weighted by Crippen LogP contribution is 2.26. The number of nitrogens with two attached hydrogens (primary N) is 1. The predicted molar refractivity (Wildman–Crippen MR) is 103 cm³/mol. The maximum absolute atomic E-state index is 11.9. The van der Waals surface area contributed by atoms with Gasteiger partial charge in [0.1, 0.15) is 0 Å². The van der Waals surface area contributed by atoms with Gasteiger partial charge < -0.3 is 20.5 Å². The predicted octanol–water partition coefficient (Wildman–Crippen LogP) is 3.76. The molecule has 0 saturated heterocycles. The standard InChI is InChI=1S/C19H24N2O3.ClH/c1-2-23-17-6-3-4-7-18(17)24-13-5-8-19(22)21-16-11-9-15(14-20)10-12-16;/h3-4,6-7,9-12H,2,5,8,13-14,20H2,1H3,(H,21,22);1H. The van der Waals surface area contributed by atoms with Crippen molar-refractivity contribution >= 4 is 24.0 Å². The van der Waals surface area contributed by atoms with Crippen molar-refractivity contribution in [2.75, 3.05) is 18.5 Å². The number of amides is 1. The number of carbonyl (C=O) groups is 1. The number of anilines is 1. The number of rotatable bonds is 9. The summed E-state index contributed by atoms with van der Waals surface area (Å²) in [6, 6.07) is 15.1. The van der Waals surface area contributed by atoms with Crippen molar-refractivity contribution in [3.8, 4) is 11.5 Å². The van der Waals surface area contributed by atoms with Crippen LogP contribution in [0.4, 0.5) is 5.69 Å². The smallest absolute Gasteiger partial charge is 0.224 e. The fraction of sp³-hybridized carbons (Fsp3) is 0.316. The summed E-state index contributed by atoms with van der Waals surface area (Å²) in [7, 11) is 0. The van der Waals surface area contributed by atoms with Crippen LogP contribution in [0.3, 0.4) is 0 Å². The van der Waals surface area contributed by atoms with E-state index in [4.69, 9.17) is 15.2 Å². The van der Waals surface area contributed by atoms with Crippen LogP contribution in [0.25, 0.3) is 0 Å². The van der Waals surface area contributed by atoms with Gasteiger partial charge in [-0.1, -0.05) is 24.3 Å². The first-order chi connectivity index (χ1) is 11.7. The lowest BCUT2D eigenvalue weighted by atomic mass is 10.2. The van der Waals surface area contributed by atoms with Crippen molar-refractivity contribution in [1.82, 2.24) is 0 Å². The highest BCUT2D eigenvalue weighted by atomic mass is 35.5. The number of hydrogen-bond donors (Lipinski definition) is 2. The second-order valence-corrected chi connectivity index (χ2v) is 5.28. The molecule has 3 N–H and O–H groups in total. The Balaban J connectivity index is 0.00000312. The van der Waals surface area contributed by atoms with E-state index in [1.807, 2.05) is 55.5 Å². The molecular formula is C19H25ClN2O3. The number of halogens is 1. The minimum Gasteiger partial charge on any atom is -0.490 e. The average Bonchev–Trinajstić information content (AvgIpc) is 2.61. The Hall–Kier alpha value is -2.24. The zero-order valence-electron chi connectivity index (χ0n) is 14.4. The molecule has 0 aromatic heterocycles. The van der Waals surface area contributed by atoms with Crippen LogP contribution in [0.2, 0.25) is 0 Å². The van der Waals surface area contributed by atoms with E-state index in [1.54, 1.807) is 0 Å². The van der Waals surface area contributed by atoms with Gasteiger partial charge in [0.15, 0.2) is 11.5 Å². The van der Waals surface area contributed by atoms with Crippen molar-refractivity contribution in [1.29, 1.82) is 0 Å². The molecular weight excluding hydrogens is 340 g/mol. The summed E-state index contributed by atoms with van der Waals surface area (Å²) < 4.78 is 11.2. The van der Waals surface area contributed by atoms with Crippen molar-refractivity contribution < 1.29 is 14.3 Å². The molecule has 0 bridgehead atoms. The van der Waals surface area contributed by atoms with E-state index < -0.39 is 0 Å². The summed E-state index contributed by atoms with van der Waals surface area (Å²) in [5, 5.41) is 2.86. The van der Waals surface area contributed by atoms with Crippen molar-refractivity contribution in [3.05, 3.63) is 54.1 Å². The third-order valence-electron chi connectivity index (χ3n) is 3.43. The highest BCUT2D eigenvalue weighted by Gasteiger charge is 2.05. The van der Waals surface area contributed by atoms with E-state index in [-0.39, 0.29) is 18.3 Å². The van der Waals surface area contributed by atoms with Gasteiger partial charge in [-0.15, -0.1) is 12.4 Å². The zero-order valence-corrected chi connectivity index (χ0v) is 15.2. The average molecular weight is 365 g/mol. The molecule has 6 heteroatoms. The molecule has 25 heavy (non-hydrogen) atoms. The van der Waals surface area contributed by atoms with Gasteiger partial charge in [0.2, 0.25) is 5.91 Å². The largest absolute Gasteiger partial charge is 0.490 e. The van der Waals surface area contributed by atoms with Crippen molar-refractivity contribution in [2.45, 2.75) is 26.3 Å². The molecule has 0 spiro atoms. The minimum atomic E-state index is -0.0304. The van der Waals surface area contributed by atoms with Crippen LogP contribution in [-0.2, 0) is 11.3 Å². The molecule has 1 amide bonds. The maximum atomic E-state index is 11.9. The summed E-state index contributed by atoms with van der Waals surface area (Å²) in [4.78, 5) is 11.9. The Labute approximate surface area is 154 Å². The Morgan fingerprint density at radius 1 is 1.04 bits per heavy atom. The van der Waals surface area contributed by atoms with Gasteiger partial charge in [-0.3, -0.25) is 4.79 Å². The molecule has 0 fully saturated rings. The monoisotopic (exact) mass is 364 g/mol. The highest BCUT2D eigenvalue weighted by molar-refractivity contribution is 5.90. The van der Waals surface area contributed by atoms with Gasteiger partial charge >= 0.3 is 0 Å². The topological polar surface area (TPSA) is 73.6 Å². The van der Waals surface area contributed by atoms with Gasteiger partial charge in [-0.25, -0.2) is 0 Å². The lowest BCUT2D eigenvalue weighted by Crippen LogP contribution is -2.13. The second kappa shape index (κ2) is 11.3. The van der Waals surface area contributed by atoms with Crippen LogP contribution >= 0.6 is 12.4 Å². The Morgan fingerprint density at radius 2 is 1.68 bits per heavy atom. The molecule has 0 aliphatic rings. The Bertz CT molecular complexity index is 647. The fourth-order valence-corrected chi connectivity index (χ4v) is 2.21. The number of nitrogens with one attached hydrogen (secondary N) is 1. The maximum Gasteiger partial charge on any atom is 0.224 e. The lowest BCUT2D eigenvalue weighted by molar-refractivity contribution is -0.116. The van der Waals surface area contributed by atoms with Crippen LogP contribution < -0.4 is 20.5 Å². The number of ether oxygens (including phenoxy) is 2. The van der Waals surface area contributed by atoms with E-state index >= 15 is 0 Å². The van der Waals surface area contributed by atoms with Crippen LogP contribution in [0, 0.1) is 0 Å². The summed E-state index contributed by atoms with van der Waals surface area (Å²) in [6.45, 7) is 3.48. The summed E-state index contributed by atoms with van der Waals surface area (Å²) in [6.07, 6.45) is 1.03. The first kappa shape index (κ1) is 20.8. The zero-order chi connectivity index (χ0) is 17.2. The number of hydrogen-bond acceptors (Lipinski definition) is 4. The van der Waals surface area contributed by atoms with Gasteiger partial charge in [-0.2, -0.15) is 0 Å². The summed E-state index contributed by atoms with van der Waals surface area (Å²) in [5.41, 5.74) is 7.36. The normalized spacial score (nSPS) is 9.84. The molecule has 2 rings (SSSR count). The molecule has 0 heterocycles. The molecule has 0 aliphatic heterocycles. The molecule has 0 unspecified atom stereocenters. The Morgan fingerprint density at radius 3 is 2.28 bits per heavy atom. The lowest BCUT2D eigenvalue weighted by Gasteiger charge is -2.11. The fourth-order valence-electron chi connectivity index (χ4n) is 2.21. The molecule has 2 aromatic rings. The number of para-hydroxylation sites is 2. The van der Waals surface area contributed by atoms with E-state index in [9.17, 15) is 4.79 Å². The Kier molecular flexibility index (Phi) is 9.43. The minimum absolute atomic E-state index is 0. The molecule has 0 atom stereocenters. The molecule has 0 aliphatic carbocycles. The molecule has 2 aromatic carbocycles. The van der Waals surface area contributed by atoms with Crippen molar-refractivity contribution in [2.24, 2.45) is 5.73 Å². The number of carbonyl (C=O) groups excluding carboxylic acids is 1. The second-order valence-electron chi connectivity index (χ2n) is 5.28. The van der Waals surface area contributed by atoms with Crippen LogP contribution in [0.5, 0.6) is 11.5 Å². The quantitative estimate of drug-likeness (QED) is 0.664. The number of benzene rings is 2. The van der Waals surface area contributed by atoms with E-state index in [0.29, 0.717) is 38.3 Å². The SMILES string of the molecule is CCOc1ccccc1OCCCC(=O)Nc1ccc(CN)cc1.Cl. The van der Waals surface area contributed by atoms with Gasteiger partial charge in [0, 0.05) is 18.7 Å². The van der Waals surface area contributed by atoms with E-state index in [2.05, 4.69) is 5.32 Å². The van der Waals surface area contributed by atoms with Gasteiger partial charge in [0.05, 0.1) is 13.2 Å².